The smallest absolute Gasteiger partial charge is 0.341 e. The molecule has 0 aromatic carbocycles. The van der Waals surface area contributed by atoms with Gasteiger partial charge in [0, 0.05) is 9.75 Å². The normalized spacial score (nSPS) is 12.5. The molecule has 1 amide bonds. The quantitative estimate of drug-likeness (QED) is 0.676. The molecule has 2 heterocycles. The van der Waals surface area contributed by atoms with Gasteiger partial charge in [0.1, 0.15) is 5.00 Å². The van der Waals surface area contributed by atoms with E-state index in [2.05, 4.69) is 5.32 Å². The average Bonchev–Trinajstić information content (AvgIpc) is 3.35. The fourth-order valence-corrected chi connectivity index (χ4v) is 4.98. The van der Waals surface area contributed by atoms with Crippen molar-refractivity contribution in [3.05, 3.63) is 38.4 Å². The van der Waals surface area contributed by atoms with E-state index in [-0.39, 0.29) is 19.6 Å². The van der Waals surface area contributed by atoms with Gasteiger partial charge in [-0.25, -0.2) is 4.79 Å². The number of carbonyl (C=O) groups excluding carboxylic acids is 3. The van der Waals surface area contributed by atoms with Crippen LogP contribution < -0.4 is 5.32 Å². The van der Waals surface area contributed by atoms with Crippen molar-refractivity contribution in [1.82, 2.24) is 0 Å². The number of fused-ring (bicyclic) bond motifs is 1. The number of amides is 1. The van der Waals surface area contributed by atoms with Crippen LogP contribution in [0.4, 0.5) is 5.00 Å². The minimum Gasteiger partial charge on any atom is -0.462 e. The molecule has 1 N–H and O–H groups in total. The van der Waals surface area contributed by atoms with Gasteiger partial charge in [-0.15, -0.1) is 22.7 Å². The maximum Gasteiger partial charge on any atom is 0.341 e. The molecule has 6 nitrogen and oxygen atoms in total. The molecule has 0 saturated carbocycles. The molecule has 0 atom stereocenters. The Labute approximate surface area is 165 Å². The molecule has 0 radical (unpaired) electrons. The Kier molecular flexibility index (Phi) is 6.63. The van der Waals surface area contributed by atoms with Gasteiger partial charge in [0.2, 0.25) is 0 Å². The van der Waals surface area contributed by atoms with Gasteiger partial charge in [0.25, 0.3) is 5.91 Å². The highest BCUT2D eigenvalue weighted by Crippen LogP contribution is 2.39. The average molecular weight is 408 g/mol. The first kappa shape index (κ1) is 19.6. The molecule has 1 aliphatic rings. The Hall–Kier alpha value is -2.19. The number of aryl methyl sites for hydroxylation is 2. The van der Waals surface area contributed by atoms with Crippen molar-refractivity contribution in [3.63, 3.8) is 0 Å². The fraction of sp³-hybridized carbons (Fsp3) is 0.421. The minimum atomic E-state index is -0.454. The van der Waals surface area contributed by atoms with Crippen LogP contribution in [0.25, 0.3) is 0 Å². The maximum absolute atomic E-state index is 12.3. The van der Waals surface area contributed by atoms with E-state index < -0.39 is 17.8 Å². The molecule has 0 aliphatic heterocycles. The lowest BCUT2D eigenvalue weighted by atomic mass is 10.1. The van der Waals surface area contributed by atoms with Gasteiger partial charge in [-0.05, 0) is 49.6 Å². The van der Waals surface area contributed by atoms with E-state index in [0.717, 1.165) is 34.6 Å². The van der Waals surface area contributed by atoms with Gasteiger partial charge >= 0.3 is 11.9 Å². The van der Waals surface area contributed by atoms with E-state index in [1.807, 2.05) is 17.5 Å². The molecule has 144 valence electrons. The molecule has 0 spiro atoms. The number of carbonyl (C=O) groups is 3. The zero-order valence-corrected chi connectivity index (χ0v) is 16.7. The zero-order chi connectivity index (χ0) is 19.2. The van der Waals surface area contributed by atoms with Crippen LogP contribution >= 0.6 is 22.7 Å². The minimum absolute atomic E-state index is 0.231. The first-order chi connectivity index (χ1) is 13.1. The summed E-state index contributed by atoms with van der Waals surface area (Å²) in [7, 11) is 0. The SMILES string of the molecule is CCOC(=O)c1c(NC(=O)COC(=O)CCc2cccs2)sc2c1CCC2. The Morgan fingerprint density at radius 1 is 1.22 bits per heavy atom. The molecule has 2 aromatic heterocycles. The van der Waals surface area contributed by atoms with Crippen molar-refractivity contribution >= 4 is 45.5 Å². The van der Waals surface area contributed by atoms with Crippen LogP contribution in [0.1, 0.15) is 45.4 Å². The van der Waals surface area contributed by atoms with Crippen LogP contribution in [0.5, 0.6) is 0 Å². The monoisotopic (exact) mass is 407 g/mol. The van der Waals surface area contributed by atoms with E-state index >= 15 is 0 Å². The molecule has 27 heavy (non-hydrogen) atoms. The molecular formula is C19H21NO5S2. The standard InChI is InChI=1S/C19H21NO5S2/c1-2-24-19(23)17-13-6-3-7-14(13)27-18(17)20-15(21)11-25-16(22)9-8-12-5-4-10-26-12/h4-5,10H,2-3,6-9,11H2,1H3,(H,20,21). The zero-order valence-electron chi connectivity index (χ0n) is 15.0. The lowest BCUT2D eigenvalue weighted by molar-refractivity contribution is -0.147. The van der Waals surface area contributed by atoms with Gasteiger partial charge in [0.15, 0.2) is 6.61 Å². The molecule has 1 aliphatic carbocycles. The summed E-state index contributed by atoms with van der Waals surface area (Å²) in [4.78, 5) is 38.5. The maximum atomic E-state index is 12.3. The second kappa shape index (κ2) is 9.14. The number of rotatable bonds is 8. The second-order valence-electron chi connectivity index (χ2n) is 6.07. The summed E-state index contributed by atoms with van der Waals surface area (Å²) in [6.45, 7) is 1.66. The van der Waals surface area contributed by atoms with Crippen LogP contribution in [-0.2, 0) is 38.3 Å². The summed E-state index contributed by atoms with van der Waals surface area (Å²) in [5.41, 5.74) is 1.42. The number of hydrogen-bond donors (Lipinski definition) is 1. The Morgan fingerprint density at radius 3 is 2.81 bits per heavy atom. The van der Waals surface area contributed by atoms with Crippen molar-refractivity contribution in [1.29, 1.82) is 0 Å². The van der Waals surface area contributed by atoms with Crippen molar-refractivity contribution in [2.75, 3.05) is 18.5 Å². The van der Waals surface area contributed by atoms with Crippen molar-refractivity contribution in [2.24, 2.45) is 0 Å². The van der Waals surface area contributed by atoms with Crippen LogP contribution in [0.2, 0.25) is 0 Å². The van der Waals surface area contributed by atoms with E-state index in [1.165, 1.54) is 11.3 Å². The largest absolute Gasteiger partial charge is 0.462 e. The summed E-state index contributed by atoms with van der Waals surface area (Å²) in [6, 6.07) is 3.88. The summed E-state index contributed by atoms with van der Waals surface area (Å²) < 4.78 is 10.2. The molecule has 8 heteroatoms. The number of anilines is 1. The predicted octanol–water partition coefficient (Wildman–Crippen LogP) is 3.59. The highest BCUT2D eigenvalue weighted by Gasteiger charge is 2.28. The van der Waals surface area contributed by atoms with E-state index in [4.69, 9.17) is 9.47 Å². The Balaban J connectivity index is 1.54. The topological polar surface area (TPSA) is 81.7 Å². The predicted molar refractivity (Wildman–Crippen MR) is 105 cm³/mol. The van der Waals surface area contributed by atoms with Crippen molar-refractivity contribution < 1.29 is 23.9 Å². The highest BCUT2D eigenvalue weighted by atomic mass is 32.1. The molecular weight excluding hydrogens is 386 g/mol. The summed E-state index contributed by atoms with van der Waals surface area (Å²) >= 11 is 2.98. The molecule has 0 unspecified atom stereocenters. The van der Waals surface area contributed by atoms with Gasteiger partial charge in [0.05, 0.1) is 18.6 Å². The number of ether oxygens (including phenoxy) is 2. The number of hydrogen-bond acceptors (Lipinski definition) is 7. The van der Waals surface area contributed by atoms with Gasteiger partial charge in [-0.3, -0.25) is 9.59 Å². The first-order valence-electron chi connectivity index (χ1n) is 8.88. The summed E-state index contributed by atoms with van der Waals surface area (Å²) in [6.07, 6.45) is 3.55. The van der Waals surface area contributed by atoms with E-state index in [0.29, 0.717) is 17.0 Å². The second-order valence-corrected chi connectivity index (χ2v) is 8.21. The third kappa shape index (κ3) is 4.95. The van der Waals surface area contributed by atoms with Crippen molar-refractivity contribution in [2.45, 2.75) is 39.0 Å². The molecule has 0 fully saturated rings. The Morgan fingerprint density at radius 2 is 2.07 bits per heavy atom. The first-order valence-corrected chi connectivity index (χ1v) is 10.6. The fourth-order valence-electron chi connectivity index (χ4n) is 2.97. The van der Waals surface area contributed by atoms with E-state index in [9.17, 15) is 14.4 Å². The lowest BCUT2D eigenvalue weighted by Gasteiger charge is -2.08. The molecule has 0 saturated heterocycles. The van der Waals surface area contributed by atoms with Crippen LogP contribution in [0.15, 0.2) is 17.5 Å². The van der Waals surface area contributed by atoms with Crippen LogP contribution in [-0.4, -0.2) is 31.1 Å². The highest BCUT2D eigenvalue weighted by molar-refractivity contribution is 7.17. The lowest BCUT2D eigenvalue weighted by Crippen LogP contribution is -2.22. The number of nitrogens with one attached hydrogen (secondary N) is 1. The third-order valence-corrected chi connectivity index (χ3v) is 6.32. The van der Waals surface area contributed by atoms with Gasteiger partial charge < -0.3 is 14.8 Å². The van der Waals surface area contributed by atoms with Gasteiger partial charge in [-0.1, -0.05) is 6.07 Å². The molecule has 3 rings (SSSR count). The van der Waals surface area contributed by atoms with Gasteiger partial charge in [-0.2, -0.15) is 0 Å². The van der Waals surface area contributed by atoms with Crippen LogP contribution in [0, 0.1) is 0 Å². The summed E-state index contributed by atoms with van der Waals surface area (Å²) in [5.74, 6) is -1.29. The van der Waals surface area contributed by atoms with Crippen molar-refractivity contribution in [3.8, 4) is 0 Å². The Bertz CT molecular complexity index is 826. The molecule has 0 bridgehead atoms. The number of esters is 2. The van der Waals surface area contributed by atoms with E-state index in [1.54, 1.807) is 18.3 Å². The third-order valence-electron chi connectivity index (χ3n) is 4.17. The number of thiophene rings is 2. The summed E-state index contributed by atoms with van der Waals surface area (Å²) in [5, 5.41) is 5.14. The van der Waals surface area contributed by atoms with Crippen LogP contribution in [0.3, 0.4) is 0 Å². The molecule has 2 aromatic rings.